The zero-order valence-electron chi connectivity index (χ0n) is 14.1. The van der Waals surface area contributed by atoms with Crippen molar-refractivity contribution in [2.45, 2.75) is 31.3 Å². The van der Waals surface area contributed by atoms with E-state index in [0.717, 1.165) is 24.8 Å². The highest BCUT2D eigenvalue weighted by atomic mass is 16.3. The lowest BCUT2D eigenvalue weighted by Gasteiger charge is -2.22. The molecule has 24 heavy (non-hydrogen) atoms. The van der Waals surface area contributed by atoms with Crippen LogP contribution in [0.2, 0.25) is 0 Å². The molecule has 0 saturated heterocycles. The minimum absolute atomic E-state index is 0.0501. The summed E-state index contributed by atoms with van der Waals surface area (Å²) in [4.78, 5) is 0. The monoisotopic (exact) mass is 321 g/mol. The number of hydrogen-bond donors (Lipinski definition) is 2. The molecule has 0 aliphatic heterocycles. The van der Waals surface area contributed by atoms with E-state index in [9.17, 15) is 5.11 Å². The summed E-state index contributed by atoms with van der Waals surface area (Å²) in [6.45, 7) is 3.95. The summed E-state index contributed by atoms with van der Waals surface area (Å²) < 4.78 is 0. The van der Waals surface area contributed by atoms with E-state index in [0.29, 0.717) is 6.04 Å². The lowest BCUT2D eigenvalue weighted by atomic mass is 10.0. The second-order valence-corrected chi connectivity index (χ2v) is 5.97. The summed E-state index contributed by atoms with van der Waals surface area (Å²) in [5.41, 5.74) is 2.48. The van der Waals surface area contributed by atoms with Crippen molar-refractivity contribution in [2.24, 2.45) is 0 Å². The maximum atomic E-state index is 9.67. The fraction of sp³-hybridized carbons (Fsp3) is 0.273. The number of aliphatic hydroxyl groups is 1. The Bertz CT molecular complexity index is 606. The Morgan fingerprint density at radius 1 is 1.00 bits per heavy atom. The molecule has 0 aromatic heterocycles. The van der Waals surface area contributed by atoms with Gasteiger partial charge in [-0.2, -0.15) is 0 Å². The molecule has 2 aromatic carbocycles. The molecule has 2 aromatic rings. The molecule has 2 nitrogen and oxygen atoms in total. The van der Waals surface area contributed by atoms with E-state index in [1.807, 2.05) is 36.4 Å². The third-order valence-corrected chi connectivity index (χ3v) is 4.04. The van der Waals surface area contributed by atoms with Crippen molar-refractivity contribution in [1.29, 1.82) is 0 Å². The fourth-order valence-corrected chi connectivity index (χ4v) is 2.72. The average molecular weight is 321 g/mol. The van der Waals surface area contributed by atoms with Crippen LogP contribution in [0.3, 0.4) is 0 Å². The van der Waals surface area contributed by atoms with E-state index < -0.39 is 0 Å². The highest BCUT2D eigenvalue weighted by molar-refractivity contribution is 5.49. The molecular formula is C22H27NO. The van der Waals surface area contributed by atoms with Crippen LogP contribution in [0.4, 0.5) is 0 Å². The molecule has 0 heterocycles. The topological polar surface area (TPSA) is 32.3 Å². The second kappa shape index (κ2) is 10.6. The van der Waals surface area contributed by atoms with Gasteiger partial charge in [0.15, 0.2) is 0 Å². The minimum atomic E-state index is -0.0501. The van der Waals surface area contributed by atoms with E-state index in [2.05, 4.69) is 54.4 Å². The van der Waals surface area contributed by atoms with Crippen LogP contribution in [-0.4, -0.2) is 23.8 Å². The maximum absolute atomic E-state index is 9.67. The number of rotatable bonds is 10. The van der Waals surface area contributed by atoms with E-state index in [-0.39, 0.29) is 12.6 Å². The van der Waals surface area contributed by atoms with Crippen molar-refractivity contribution < 1.29 is 5.11 Å². The molecule has 2 rings (SSSR count). The Kier molecular flexibility index (Phi) is 8.02. The first-order chi connectivity index (χ1) is 11.8. The van der Waals surface area contributed by atoms with Gasteiger partial charge in [0.1, 0.15) is 0 Å². The molecule has 0 aliphatic carbocycles. The Labute approximate surface area is 145 Å². The Balaban J connectivity index is 1.91. The fourth-order valence-electron chi connectivity index (χ4n) is 2.72. The van der Waals surface area contributed by atoms with Crippen LogP contribution in [0.1, 0.15) is 24.0 Å². The molecule has 0 unspecified atom stereocenters. The van der Waals surface area contributed by atoms with Crippen LogP contribution in [0.15, 0.2) is 79.4 Å². The molecule has 0 amide bonds. The van der Waals surface area contributed by atoms with Crippen molar-refractivity contribution in [2.75, 3.05) is 6.61 Å². The van der Waals surface area contributed by atoms with Gasteiger partial charge in [0.2, 0.25) is 0 Å². The predicted molar refractivity (Wildman–Crippen MR) is 103 cm³/mol. The van der Waals surface area contributed by atoms with Crippen LogP contribution in [-0.2, 0) is 6.42 Å². The van der Waals surface area contributed by atoms with E-state index in [4.69, 9.17) is 0 Å². The molecule has 2 heteroatoms. The Morgan fingerprint density at radius 3 is 2.29 bits per heavy atom. The van der Waals surface area contributed by atoms with E-state index in [1.54, 1.807) is 0 Å². The van der Waals surface area contributed by atoms with Crippen molar-refractivity contribution in [3.05, 3.63) is 90.5 Å². The van der Waals surface area contributed by atoms with Crippen molar-refractivity contribution in [3.63, 3.8) is 0 Å². The summed E-state index contributed by atoms with van der Waals surface area (Å²) >= 11 is 0. The summed E-state index contributed by atoms with van der Waals surface area (Å²) in [5.74, 6) is 0. The molecule has 0 aliphatic rings. The SMILES string of the molecule is C=CC[C@H](CCc1ccccc1)N[C@H](/C=C/c1ccccc1)CO. The zero-order chi connectivity index (χ0) is 17.0. The van der Waals surface area contributed by atoms with E-state index >= 15 is 0 Å². The van der Waals surface area contributed by atoms with Gasteiger partial charge in [-0.3, -0.25) is 0 Å². The predicted octanol–water partition coefficient (Wildman–Crippen LogP) is 4.23. The zero-order valence-corrected chi connectivity index (χ0v) is 14.1. The number of benzene rings is 2. The van der Waals surface area contributed by atoms with Gasteiger partial charge >= 0.3 is 0 Å². The first-order valence-corrected chi connectivity index (χ1v) is 8.57. The molecule has 0 radical (unpaired) electrons. The van der Waals surface area contributed by atoms with Crippen molar-refractivity contribution >= 4 is 6.08 Å². The minimum Gasteiger partial charge on any atom is -0.394 e. The van der Waals surface area contributed by atoms with Gasteiger partial charge in [-0.1, -0.05) is 78.9 Å². The molecule has 0 saturated carbocycles. The molecule has 2 N–H and O–H groups in total. The number of aliphatic hydroxyl groups excluding tert-OH is 1. The highest BCUT2D eigenvalue weighted by Crippen LogP contribution is 2.09. The molecule has 2 atom stereocenters. The molecule has 126 valence electrons. The van der Waals surface area contributed by atoms with Gasteiger partial charge in [0.25, 0.3) is 0 Å². The van der Waals surface area contributed by atoms with E-state index in [1.165, 1.54) is 5.56 Å². The first-order valence-electron chi connectivity index (χ1n) is 8.57. The number of nitrogens with one attached hydrogen (secondary N) is 1. The van der Waals surface area contributed by atoms with Crippen LogP contribution >= 0.6 is 0 Å². The van der Waals surface area contributed by atoms with Crippen molar-refractivity contribution in [3.8, 4) is 0 Å². The van der Waals surface area contributed by atoms with Gasteiger partial charge in [-0.15, -0.1) is 6.58 Å². The average Bonchev–Trinajstić information content (AvgIpc) is 2.64. The third-order valence-electron chi connectivity index (χ3n) is 4.04. The lowest BCUT2D eigenvalue weighted by molar-refractivity contribution is 0.252. The standard InChI is InChI=1S/C22H27NO/c1-2-9-21(16-14-19-10-5-3-6-11-19)23-22(18-24)17-15-20-12-7-4-8-13-20/h2-8,10-13,15,17,21-24H,1,9,14,16,18H2/b17-15+/t21-,22-/m1/s1. The molecule has 0 bridgehead atoms. The number of hydrogen-bond acceptors (Lipinski definition) is 2. The summed E-state index contributed by atoms with van der Waals surface area (Å²) in [6, 6.07) is 20.9. The van der Waals surface area contributed by atoms with Gasteiger partial charge in [0.05, 0.1) is 6.61 Å². The first kappa shape index (κ1) is 18.2. The second-order valence-electron chi connectivity index (χ2n) is 5.97. The molecule has 0 spiro atoms. The Hall–Kier alpha value is -2.16. The highest BCUT2D eigenvalue weighted by Gasteiger charge is 2.11. The Morgan fingerprint density at radius 2 is 1.67 bits per heavy atom. The van der Waals surface area contributed by atoms with Crippen LogP contribution < -0.4 is 5.32 Å². The summed E-state index contributed by atoms with van der Waals surface area (Å²) in [7, 11) is 0. The lowest BCUT2D eigenvalue weighted by Crippen LogP contribution is -2.39. The number of aryl methyl sites for hydroxylation is 1. The third kappa shape index (κ3) is 6.53. The van der Waals surface area contributed by atoms with Gasteiger partial charge in [-0.05, 0) is 30.4 Å². The van der Waals surface area contributed by atoms with Crippen molar-refractivity contribution in [1.82, 2.24) is 5.32 Å². The van der Waals surface area contributed by atoms with Crippen LogP contribution in [0, 0.1) is 0 Å². The van der Waals surface area contributed by atoms with Crippen LogP contribution in [0.25, 0.3) is 6.08 Å². The quantitative estimate of drug-likeness (QED) is 0.642. The molecular weight excluding hydrogens is 294 g/mol. The van der Waals surface area contributed by atoms with Crippen LogP contribution in [0.5, 0.6) is 0 Å². The smallest absolute Gasteiger partial charge is 0.0620 e. The van der Waals surface area contributed by atoms with Gasteiger partial charge in [-0.25, -0.2) is 0 Å². The largest absolute Gasteiger partial charge is 0.394 e. The molecule has 0 fully saturated rings. The maximum Gasteiger partial charge on any atom is 0.0620 e. The van der Waals surface area contributed by atoms with Gasteiger partial charge < -0.3 is 10.4 Å². The summed E-state index contributed by atoms with van der Waals surface area (Å²) in [6.07, 6.45) is 8.96. The summed E-state index contributed by atoms with van der Waals surface area (Å²) in [5, 5.41) is 13.2. The normalized spacial score (nSPS) is 13.7. The van der Waals surface area contributed by atoms with Gasteiger partial charge in [0, 0.05) is 12.1 Å².